The molecule has 0 amide bonds. The zero-order valence-electron chi connectivity index (χ0n) is 10.4. The van der Waals surface area contributed by atoms with E-state index in [2.05, 4.69) is 23.9 Å². The number of rotatable bonds is 2. The van der Waals surface area contributed by atoms with E-state index >= 15 is 0 Å². The number of hydrogen-bond donors (Lipinski definition) is 0. The van der Waals surface area contributed by atoms with E-state index in [9.17, 15) is 0 Å². The van der Waals surface area contributed by atoms with Crippen LogP contribution in [0.3, 0.4) is 0 Å². The Morgan fingerprint density at radius 1 is 0.867 bits per heavy atom. The van der Waals surface area contributed by atoms with Gasteiger partial charge in [-0.05, 0) is 31.6 Å². The quantitative estimate of drug-likeness (QED) is 0.691. The van der Waals surface area contributed by atoms with Crippen molar-refractivity contribution in [3.8, 4) is 0 Å². The maximum Gasteiger partial charge on any atom is 0.0269 e. The van der Waals surface area contributed by atoms with E-state index in [4.69, 9.17) is 0 Å². The molecule has 2 saturated heterocycles. The molecule has 2 fully saturated rings. The van der Waals surface area contributed by atoms with E-state index in [1.807, 2.05) is 0 Å². The molecule has 0 radical (unpaired) electrons. The highest BCUT2D eigenvalue weighted by atomic mass is 15.6. The summed E-state index contributed by atoms with van der Waals surface area (Å²) in [6.07, 6.45) is 8.50. The van der Waals surface area contributed by atoms with E-state index in [0.29, 0.717) is 0 Å². The average Bonchev–Trinajstić information content (AvgIpc) is 2.55. The second kappa shape index (κ2) is 5.31. The smallest absolute Gasteiger partial charge is 0.0269 e. The van der Waals surface area contributed by atoms with Crippen LogP contribution in [-0.2, 0) is 0 Å². The molecule has 2 nitrogen and oxygen atoms in total. The topological polar surface area (TPSA) is 6.48 Å². The second-order valence-corrected chi connectivity index (χ2v) is 5.48. The minimum Gasteiger partial charge on any atom is -0.242 e. The zero-order chi connectivity index (χ0) is 10.7. The molecule has 2 aliphatic heterocycles. The van der Waals surface area contributed by atoms with Crippen molar-refractivity contribution in [2.45, 2.75) is 58.4 Å². The van der Waals surface area contributed by atoms with Gasteiger partial charge in [0.05, 0.1) is 0 Å². The predicted molar refractivity (Wildman–Crippen MR) is 64.6 cm³/mol. The highest BCUT2D eigenvalue weighted by molar-refractivity contribution is 4.80. The summed E-state index contributed by atoms with van der Waals surface area (Å²) >= 11 is 0. The molecule has 1 unspecified atom stereocenters. The van der Waals surface area contributed by atoms with E-state index in [1.54, 1.807) is 0 Å². The Kier molecular flexibility index (Phi) is 4.04. The van der Waals surface area contributed by atoms with Crippen molar-refractivity contribution in [2.75, 3.05) is 19.6 Å². The van der Waals surface area contributed by atoms with Gasteiger partial charge in [0.15, 0.2) is 0 Å². The molecule has 2 aliphatic rings. The normalized spacial score (nSPS) is 31.0. The molecule has 0 aromatic carbocycles. The van der Waals surface area contributed by atoms with Gasteiger partial charge in [-0.1, -0.05) is 26.7 Å². The van der Waals surface area contributed by atoms with Gasteiger partial charge in [0.1, 0.15) is 0 Å². The third-order valence-corrected chi connectivity index (χ3v) is 3.99. The van der Waals surface area contributed by atoms with Gasteiger partial charge in [-0.3, -0.25) is 0 Å². The van der Waals surface area contributed by atoms with Gasteiger partial charge in [0.2, 0.25) is 0 Å². The Labute approximate surface area is 94.6 Å². The van der Waals surface area contributed by atoms with Crippen LogP contribution in [0.15, 0.2) is 0 Å². The fourth-order valence-corrected chi connectivity index (χ4v) is 3.12. The molecule has 0 aromatic rings. The molecule has 0 spiro atoms. The third kappa shape index (κ3) is 2.73. The van der Waals surface area contributed by atoms with Crippen LogP contribution in [0.1, 0.15) is 52.4 Å². The monoisotopic (exact) mass is 210 g/mol. The van der Waals surface area contributed by atoms with Gasteiger partial charge in [-0.15, -0.1) is 0 Å². The highest BCUT2D eigenvalue weighted by Gasteiger charge is 2.31. The van der Waals surface area contributed by atoms with E-state index in [-0.39, 0.29) is 0 Å². The van der Waals surface area contributed by atoms with Crippen LogP contribution in [0, 0.1) is 5.92 Å². The molecule has 2 heteroatoms. The molecule has 2 heterocycles. The first-order valence-corrected chi connectivity index (χ1v) is 6.80. The van der Waals surface area contributed by atoms with Gasteiger partial charge in [0.25, 0.3) is 0 Å². The van der Waals surface area contributed by atoms with Gasteiger partial charge >= 0.3 is 0 Å². The van der Waals surface area contributed by atoms with Crippen molar-refractivity contribution in [3.63, 3.8) is 0 Å². The van der Waals surface area contributed by atoms with E-state index in [0.717, 1.165) is 12.0 Å². The van der Waals surface area contributed by atoms with Gasteiger partial charge in [0, 0.05) is 25.7 Å². The Balaban J connectivity index is 1.95. The molecular formula is C13H26N2. The first-order valence-electron chi connectivity index (χ1n) is 6.80. The van der Waals surface area contributed by atoms with Crippen molar-refractivity contribution in [1.29, 1.82) is 0 Å². The number of hydrazine groups is 1. The standard InChI is InChI=1S/C13H26N2/c1-12(2)13-8-7-11-15(13)14-9-5-3-4-6-10-14/h12-13H,3-11H2,1-2H3. The lowest BCUT2D eigenvalue weighted by Gasteiger charge is -2.37. The third-order valence-electron chi connectivity index (χ3n) is 3.99. The van der Waals surface area contributed by atoms with E-state index in [1.165, 1.54) is 58.2 Å². The van der Waals surface area contributed by atoms with Crippen LogP contribution in [0.25, 0.3) is 0 Å². The zero-order valence-corrected chi connectivity index (χ0v) is 10.4. The fourth-order valence-electron chi connectivity index (χ4n) is 3.12. The molecule has 2 rings (SSSR count). The van der Waals surface area contributed by atoms with Gasteiger partial charge in [-0.25, -0.2) is 10.0 Å². The lowest BCUT2D eigenvalue weighted by molar-refractivity contribution is -0.0466. The molecule has 1 atom stereocenters. The Bertz CT molecular complexity index is 183. The second-order valence-electron chi connectivity index (χ2n) is 5.48. The minimum absolute atomic E-state index is 0.816. The molecule has 0 saturated carbocycles. The van der Waals surface area contributed by atoms with Crippen molar-refractivity contribution < 1.29 is 0 Å². The summed E-state index contributed by atoms with van der Waals surface area (Å²) in [5.74, 6) is 0.816. The van der Waals surface area contributed by atoms with Crippen molar-refractivity contribution in [1.82, 2.24) is 10.0 Å². The van der Waals surface area contributed by atoms with Crippen LogP contribution in [0.2, 0.25) is 0 Å². The number of hydrogen-bond acceptors (Lipinski definition) is 2. The summed E-state index contributed by atoms with van der Waals surface area (Å²) in [4.78, 5) is 0. The summed E-state index contributed by atoms with van der Waals surface area (Å²) in [6, 6.07) is 0.822. The largest absolute Gasteiger partial charge is 0.242 e. The maximum atomic E-state index is 2.69. The summed E-state index contributed by atoms with van der Waals surface area (Å²) in [5.41, 5.74) is 0. The molecule has 88 valence electrons. The average molecular weight is 210 g/mol. The first kappa shape index (κ1) is 11.4. The Morgan fingerprint density at radius 2 is 1.53 bits per heavy atom. The lowest BCUT2D eigenvalue weighted by Crippen LogP contribution is -2.47. The molecule has 0 aromatic heterocycles. The number of nitrogens with zero attached hydrogens (tertiary/aromatic N) is 2. The Hall–Kier alpha value is -0.0800. The maximum absolute atomic E-state index is 2.69. The first-order chi connectivity index (χ1) is 7.29. The SMILES string of the molecule is CC(C)C1CCCN1N1CCCCCC1. The van der Waals surface area contributed by atoms with Gasteiger partial charge in [-0.2, -0.15) is 0 Å². The minimum atomic E-state index is 0.816. The van der Waals surface area contributed by atoms with Crippen molar-refractivity contribution in [2.24, 2.45) is 5.92 Å². The summed E-state index contributed by atoms with van der Waals surface area (Å²) in [7, 11) is 0. The fraction of sp³-hybridized carbons (Fsp3) is 1.00. The van der Waals surface area contributed by atoms with Crippen LogP contribution in [0.5, 0.6) is 0 Å². The van der Waals surface area contributed by atoms with Crippen LogP contribution < -0.4 is 0 Å². The molecule has 15 heavy (non-hydrogen) atoms. The molecular weight excluding hydrogens is 184 g/mol. The van der Waals surface area contributed by atoms with Crippen molar-refractivity contribution in [3.05, 3.63) is 0 Å². The molecule has 0 N–H and O–H groups in total. The van der Waals surface area contributed by atoms with Crippen LogP contribution in [-0.4, -0.2) is 35.7 Å². The van der Waals surface area contributed by atoms with E-state index < -0.39 is 0 Å². The van der Waals surface area contributed by atoms with Crippen LogP contribution >= 0.6 is 0 Å². The summed E-state index contributed by atoms with van der Waals surface area (Å²) in [5, 5.41) is 5.35. The van der Waals surface area contributed by atoms with Gasteiger partial charge < -0.3 is 0 Å². The highest BCUT2D eigenvalue weighted by Crippen LogP contribution is 2.26. The van der Waals surface area contributed by atoms with Crippen LogP contribution in [0.4, 0.5) is 0 Å². The summed E-state index contributed by atoms with van der Waals surface area (Å²) in [6.45, 7) is 8.68. The molecule has 0 bridgehead atoms. The lowest BCUT2D eigenvalue weighted by atomic mass is 10.0. The molecule has 0 aliphatic carbocycles. The summed E-state index contributed by atoms with van der Waals surface area (Å²) < 4.78 is 0. The predicted octanol–water partition coefficient (Wildman–Crippen LogP) is 2.90. The Morgan fingerprint density at radius 3 is 2.13 bits per heavy atom. The van der Waals surface area contributed by atoms with Crippen molar-refractivity contribution >= 4 is 0 Å².